The van der Waals surface area contributed by atoms with Gasteiger partial charge in [0.15, 0.2) is 25.2 Å². The monoisotopic (exact) mass is 968 g/mol. The second kappa shape index (κ2) is 22.1. The molecule has 4 aliphatic heterocycles. The summed E-state index contributed by atoms with van der Waals surface area (Å²) in [5.41, 5.74) is 0. The highest BCUT2D eigenvalue weighted by Crippen LogP contribution is 2.37. The Hall–Kier alpha value is -3.16. The molecule has 4 saturated heterocycles. The lowest BCUT2D eigenvalue weighted by molar-refractivity contribution is -0.383. The van der Waals surface area contributed by atoms with Crippen LogP contribution in [0, 0.1) is 11.8 Å². The summed E-state index contributed by atoms with van der Waals surface area (Å²) < 4.78 is 122. The maximum absolute atomic E-state index is 12.7. The van der Waals surface area contributed by atoms with Crippen LogP contribution in [0.25, 0.3) is 0 Å². The van der Waals surface area contributed by atoms with E-state index in [0.717, 1.165) is 13.8 Å². The van der Waals surface area contributed by atoms with Gasteiger partial charge in [0.1, 0.15) is 60.9 Å². The fourth-order valence-corrected chi connectivity index (χ4v) is 7.95. The van der Waals surface area contributed by atoms with E-state index in [1.54, 1.807) is 0 Å². The maximum atomic E-state index is 12.7. The lowest BCUT2D eigenvalue weighted by atomic mass is 9.88. The van der Waals surface area contributed by atoms with Crippen LogP contribution >= 0.6 is 0 Å². The molecule has 29 nitrogen and oxygen atoms in total. The lowest BCUT2D eigenvalue weighted by Crippen LogP contribution is -2.70. The zero-order valence-electron chi connectivity index (χ0n) is 34.0. The molecule has 0 saturated carbocycles. The van der Waals surface area contributed by atoms with E-state index >= 15 is 0 Å². The predicted octanol–water partition coefficient (Wildman–Crippen LogP) is -9.22. The highest BCUT2D eigenvalue weighted by Gasteiger charge is 2.56. The summed E-state index contributed by atoms with van der Waals surface area (Å²) in [5, 5.41) is 83.3. The zero-order chi connectivity index (χ0) is 48.2. The number of carbonyl (C=O) groups excluding carboxylic acids is 4. The van der Waals surface area contributed by atoms with Crippen molar-refractivity contribution < 1.29 is 127 Å². The number of rotatable bonds is 19. The van der Waals surface area contributed by atoms with Crippen LogP contribution in [0.2, 0.25) is 0 Å². The number of nitrogens with one attached hydrogen (secondary N) is 2. The Morgan fingerprint density at radius 2 is 1.02 bits per heavy atom. The van der Waals surface area contributed by atoms with Gasteiger partial charge >= 0.3 is 0 Å². The van der Waals surface area contributed by atoms with Gasteiger partial charge in [-0.2, -0.15) is 0 Å². The van der Waals surface area contributed by atoms with Crippen LogP contribution in [0.1, 0.15) is 27.7 Å². The Balaban J connectivity index is 1.70. The molecule has 368 valence electrons. The van der Waals surface area contributed by atoms with E-state index in [1.165, 1.54) is 19.9 Å². The van der Waals surface area contributed by atoms with Crippen molar-refractivity contribution >= 4 is 44.6 Å². The van der Waals surface area contributed by atoms with Crippen LogP contribution in [-0.4, -0.2) is 206 Å². The van der Waals surface area contributed by atoms with Crippen molar-refractivity contribution in [2.24, 2.45) is 11.8 Å². The van der Waals surface area contributed by atoms with Crippen LogP contribution in [0.5, 0.6) is 0 Å². The SMILES string of the molecule is C=CCO[C@@H]1OC(COS(=O)(=O)[O-])[C@H](C)[C@H](O[C@@H]2OC(C(=O)[O-])[C@H](O[C@@H]3OC(COS(=O)(=O)[O-])[C@H](C)[C@H](O[C@@H]4OC(C(=O)[O-])[C@H](O)[C@H](O)C4O)C3NC(C)=O)[C@H](O)C2O)C1NC(C)=O. The van der Waals surface area contributed by atoms with Crippen molar-refractivity contribution in [1.29, 1.82) is 0 Å². The number of aliphatic hydroxyl groups is 5. The zero-order valence-corrected chi connectivity index (χ0v) is 35.6. The fourth-order valence-electron chi connectivity index (χ4n) is 7.35. The first kappa shape index (κ1) is 53.5. The molecule has 7 N–H and O–H groups in total. The smallest absolute Gasteiger partial charge is 0.217 e. The van der Waals surface area contributed by atoms with Crippen molar-refractivity contribution in [3.05, 3.63) is 12.7 Å². The number of carboxylic acid groups (broad SMARTS) is 2. The highest BCUT2D eigenvalue weighted by molar-refractivity contribution is 7.81. The fraction of sp³-hybridized carbons (Fsp3) is 0.818. The Bertz CT molecular complexity index is 1870. The van der Waals surface area contributed by atoms with E-state index in [0.29, 0.717) is 0 Å². The van der Waals surface area contributed by atoms with Crippen molar-refractivity contribution in [1.82, 2.24) is 10.6 Å². The number of carbonyl (C=O) groups is 4. The standard InChI is InChI=1S/C33H52N2O27S2/c1-6-7-53-30-16(34-12(4)36)23(10(2)14(56-30)8-54-63(47,48)49)58-33-22(42)20(40)25(27(62-33)29(45)46)60-31-17(35-13(5)37)24(11(3)15(57-31)9-55-64(50,51)52)59-32-21(41)18(38)19(39)26(61-32)28(43)44/h6,10-11,14-27,30-33,38-42H,1,7-9H2,2-5H3,(H,34,36)(H,35,37)(H,43,44)(H,45,46)(H,47,48,49)(H,50,51,52)/p-4/t10-,11-,14?,15?,16?,17?,18-,19+,20+,21?,22?,23-,24-,25+,26?,27?,30+,31-,32+,33+/m0/s1. The van der Waals surface area contributed by atoms with E-state index < -0.39 is 180 Å². The van der Waals surface area contributed by atoms with Gasteiger partial charge in [0.05, 0.1) is 56.2 Å². The maximum Gasteiger partial charge on any atom is 0.217 e. The molecule has 0 bridgehead atoms. The first-order valence-electron chi connectivity index (χ1n) is 19.0. The molecule has 8 unspecified atom stereocenters. The van der Waals surface area contributed by atoms with Crippen molar-refractivity contribution in [2.75, 3.05) is 19.8 Å². The largest absolute Gasteiger partial charge is 0.726 e. The molecule has 4 rings (SSSR count). The number of amides is 2. The van der Waals surface area contributed by atoms with Gasteiger partial charge in [0, 0.05) is 25.7 Å². The number of aliphatic carboxylic acids is 2. The molecule has 0 aliphatic carbocycles. The summed E-state index contributed by atoms with van der Waals surface area (Å²) in [6.45, 7) is 5.78. The molecule has 31 heteroatoms. The minimum atomic E-state index is -5.46. The molecule has 64 heavy (non-hydrogen) atoms. The van der Waals surface area contributed by atoms with Crippen LogP contribution in [0.3, 0.4) is 0 Å². The van der Waals surface area contributed by atoms with Gasteiger partial charge in [-0.3, -0.25) is 18.0 Å². The molecule has 4 fully saturated rings. The summed E-state index contributed by atoms with van der Waals surface area (Å²) in [6.07, 6.45) is -31.8. The van der Waals surface area contributed by atoms with Crippen LogP contribution in [0.4, 0.5) is 0 Å². The quantitative estimate of drug-likeness (QED) is 0.0359. The Morgan fingerprint density at radius 3 is 1.44 bits per heavy atom. The number of hydrogen-bond acceptors (Lipinski definition) is 27. The summed E-state index contributed by atoms with van der Waals surface area (Å²) in [4.78, 5) is 49.3. The topological polar surface area (TPSA) is 446 Å². The molecule has 4 heterocycles. The lowest BCUT2D eigenvalue weighted by Gasteiger charge is -2.51. The number of ether oxygens (including phenoxy) is 8. The third kappa shape index (κ3) is 13.5. The van der Waals surface area contributed by atoms with Gasteiger partial charge in [-0.05, 0) is 0 Å². The molecule has 4 aliphatic rings. The van der Waals surface area contributed by atoms with Gasteiger partial charge in [-0.25, -0.2) is 16.8 Å². The van der Waals surface area contributed by atoms with Crippen LogP contribution in [0.15, 0.2) is 12.7 Å². The molecule has 2 amide bonds. The normalized spacial score (nSPS) is 40.8. The summed E-state index contributed by atoms with van der Waals surface area (Å²) in [6, 6.07) is -3.17. The van der Waals surface area contributed by atoms with Gasteiger partial charge in [0.25, 0.3) is 0 Å². The average molecular weight is 969 g/mol. The van der Waals surface area contributed by atoms with Crippen molar-refractivity contribution in [3.63, 3.8) is 0 Å². The molecule has 0 spiro atoms. The molecule has 20 atom stereocenters. The third-order valence-electron chi connectivity index (χ3n) is 10.4. The Labute approximate surface area is 364 Å². The van der Waals surface area contributed by atoms with E-state index in [9.17, 15) is 80.9 Å². The van der Waals surface area contributed by atoms with Gasteiger partial charge in [-0.1, -0.05) is 19.9 Å². The van der Waals surface area contributed by atoms with E-state index in [4.69, 9.17) is 37.9 Å². The van der Waals surface area contributed by atoms with Crippen LogP contribution < -0.4 is 20.8 Å². The predicted molar refractivity (Wildman–Crippen MR) is 190 cm³/mol. The van der Waals surface area contributed by atoms with Crippen molar-refractivity contribution in [3.8, 4) is 0 Å². The summed E-state index contributed by atoms with van der Waals surface area (Å²) in [5.74, 6) is -8.30. The second-order valence-electron chi connectivity index (χ2n) is 15.0. The van der Waals surface area contributed by atoms with E-state index in [1.807, 2.05) is 0 Å². The molecule has 0 radical (unpaired) electrons. The number of hydrogen-bond donors (Lipinski definition) is 7. The van der Waals surface area contributed by atoms with Gasteiger partial charge < -0.3 is 103 Å². The molecular weight excluding hydrogens is 920 g/mol. The van der Waals surface area contributed by atoms with E-state index in [-0.39, 0.29) is 6.61 Å². The first-order valence-corrected chi connectivity index (χ1v) is 21.7. The van der Waals surface area contributed by atoms with E-state index in [2.05, 4.69) is 25.6 Å². The highest BCUT2D eigenvalue weighted by atomic mass is 32.3. The Kier molecular flexibility index (Phi) is 18.5. The number of aliphatic hydroxyl groups excluding tert-OH is 5. The average Bonchev–Trinajstić information content (AvgIpc) is 3.18. The first-order chi connectivity index (χ1) is 29.6. The minimum absolute atomic E-state index is 0.241. The Morgan fingerprint density at radius 1 is 0.609 bits per heavy atom. The summed E-state index contributed by atoms with van der Waals surface area (Å²) in [7, 11) is -10.8. The molecule has 0 aromatic heterocycles. The van der Waals surface area contributed by atoms with Crippen molar-refractivity contribution in [2.45, 2.75) is 138 Å². The summed E-state index contributed by atoms with van der Waals surface area (Å²) >= 11 is 0. The molecule has 0 aromatic rings. The van der Waals surface area contributed by atoms with Crippen LogP contribution in [-0.2, 0) is 86.2 Å². The third-order valence-corrected chi connectivity index (χ3v) is 11.3. The molecule has 0 aromatic carbocycles. The molecular formula is C33H48N2O27S2-4. The number of carboxylic acids is 2. The minimum Gasteiger partial charge on any atom is -0.726 e. The van der Waals surface area contributed by atoms with Gasteiger partial charge in [-0.15, -0.1) is 6.58 Å². The van der Waals surface area contributed by atoms with Gasteiger partial charge in [0.2, 0.25) is 32.6 Å². The second-order valence-corrected chi connectivity index (χ2v) is 17.1.